The Labute approximate surface area is 167 Å². The molecular weight excluding hydrogens is 372 g/mol. The van der Waals surface area contributed by atoms with Gasteiger partial charge in [0, 0.05) is 32.0 Å². The standard InChI is InChI=1S/C20H22N6O3/c27-20-18(26(28)29)19(23-17-7-3-6-12-25(17)20)22-14-15-8-9-16(21-13-15)24-10-4-1-2-5-11-24/h3,6-9,12-13,22H,1-2,4-5,10-11,14H2. The van der Waals surface area contributed by atoms with Crippen LogP contribution in [0, 0.1) is 10.1 Å². The number of hydrogen-bond acceptors (Lipinski definition) is 7. The molecule has 1 aliphatic heterocycles. The van der Waals surface area contributed by atoms with Gasteiger partial charge in [-0.2, -0.15) is 0 Å². The molecule has 0 bridgehead atoms. The molecule has 0 atom stereocenters. The Hall–Kier alpha value is -3.49. The largest absolute Gasteiger partial charge is 0.376 e. The fourth-order valence-electron chi connectivity index (χ4n) is 3.56. The quantitative estimate of drug-likeness (QED) is 0.524. The van der Waals surface area contributed by atoms with E-state index in [0.717, 1.165) is 24.5 Å². The van der Waals surface area contributed by atoms with Crippen LogP contribution >= 0.6 is 0 Å². The lowest BCUT2D eigenvalue weighted by Crippen LogP contribution is -2.24. The van der Waals surface area contributed by atoms with Gasteiger partial charge in [0.1, 0.15) is 11.5 Å². The molecule has 29 heavy (non-hydrogen) atoms. The SMILES string of the molecule is O=c1c([N+](=O)[O-])c(NCc2ccc(N3CCCCCC3)nc2)nc2ccccn12. The number of rotatable bonds is 5. The Bertz CT molecular complexity index is 1070. The Morgan fingerprint density at radius 1 is 1.10 bits per heavy atom. The molecule has 0 radical (unpaired) electrons. The van der Waals surface area contributed by atoms with E-state index >= 15 is 0 Å². The first-order valence-electron chi connectivity index (χ1n) is 9.73. The zero-order chi connectivity index (χ0) is 20.2. The minimum Gasteiger partial charge on any atom is -0.360 e. The van der Waals surface area contributed by atoms with E-state index in [4.69, 9.17) is 0 Å². The number of nitrogens with zero attached hydrogens (tertiary/aromatic N) is 5. The number of nitro groups is 1. The van der Waals surface area contributed by atoms with Gasteiger partial charge in [-0.25, -0.2) is 9.97 Å². The second-order valence-electron chi connectivity index (χ2n) is 7.08. The maximum Gasteiger partial charge on any atom is 0.376 e. The molecule has 0 spiro atoms. The number of nitrogens with one attached hydrogen (secondary N) is 1. The summed E-state index contributed by atoms with van der Waals surface area (Å²) in [4.78, 5) is 34.3. The highest BCUT2D eigenvalue weighted by Gasteiger charge is 2.23. The topological polar surface area (TPSA) is 106 Å². The summed E-state index contributed by atoms with van der Waals surface area (Å²) in [7, 11) is 0. The number of fused-ring (bicyclic) bond motifs is 1. The molecule has 1 N–H and O–H groups in total. The van der Waals surface area contributed by atoms with Gasteiger partial charge in [-0.1, -0.05) is 25.0 Å². The van der Waals surface area contributed by atoms with E-state index in [0.29, 0.717) is 5.65 Å². The number of aromatic nitrogens is 3. The molecule has 150 valence electrons. The summed E-state index contributed by atoms with van der Waals surface area (Å²) in [5.74, 6) is 0.909. The van der Waals surface area contributed by atoms with Crippen molar-refractivity contribution in [2.75, 3.05) is 23.3 Å². The molecule has 9 nitrogen and oxygen atoms in total. The summed E-state index contributed by atoms with van der Waals surface area (Å²) in [6, 6.07) is 8.90. The van der Waals surface area contributed by atoms with Crippen molar-refractivity contribution in [3.8, 4) is 0 Å². The monoisotopic (exact) mass is 394 g/mol. The molecule has 0 unspecified atom stereocenters. The molecule has 1 saturated heterocycles. The molecule has 3 aromatic rings. The molecule has 0 amide bonds. The fraction of sp³-hybridized carbons (Fsp3) is 0.350. The van der Waals surface area contributed by atoms with Crippen molar-refractivity contribution in [2.24, 2.45) is 0 Å². The third-order valence-corrected chi connectivity index (χ3v) is 5.09. The molecule has 0 aliphatic carbocycles. The summed E-state index contributed by atoms with van der Waals surface area (Å²) in [6.07, 6.45) is 8.10. The summed E-state index contributed by atoms with van der Waals surface area (Å²) in [5, 5.41) is 14.4. The van der Waals surface area contributed by atoms with E-state index in [-0.39, 0.29) is 12.4 Å². The molecular formula is C20H22N6O3. The summed E-state index contributed by atoms with van der Waals surface area (Å²) in [5.41, 5.74) is -0.0752. The van der Waals surface area contributed by atoms with E-state index in [1.165, 1.54) is 36.3 Å². The normalized spacial score (nSPS) is 14.6. The second kappa shape index (κ2) is 8.26. The van der Waals surface area contributed by atoms with Crippen molar-refractivity contribution in [1.82, 2.24) is 14.4 Å². The smallest absolute Gasteiger partial charge is 0.360 e. The third-order valence-electron chi connectivity index (χ3n) is 5.09. The van der Waals surface area contributed by atoms with E-state index < -0.39 is 16.2 Å². The lowest BCUT2D eigenvalue weighted by molar-refractivity contribution is -0.385. The van der Waals surface area contributed by atoms with Gasteiger partial charge >= 0.3 is 11.2 Å². The number of hydrogen-bond donors (Lipinski definition) is 1. The van der Waals surface area contributed by atoms with Gasteiger partial charge in [0.25, 0.3) is 0 Å². The summed E-state index contributed by atoms with van der Waals surface area (Å²) >= 11 is 0. The van der Waals surface area contributed by atoms with E-state index in [1.807, 2.05) is 12.1 Å². The first-order valence-corrected chi connectivity index (χ1v) is 9.73. The van der Waals surface area contributed by atoms with Gasteiger partial charge in [0.15, 0.2) is 0 Å². The summed E-state index contributed by atoms with van der Waals surface area (Å²) in [6.45, 7) is 2.31. The van der Waals surface area contributed by atoms with Gasteiger partial charge in [0.05, 0.1) is 4.92 Å². The second-order valence-corrected chi connectivity index (χ2v) is 7.08. The maximum absolute atomic E-state index is 12.5. The van der Waals surface area contributed by atoms with Crippen LogP contribution in [0.5, 0.6) is 0 Å². The van der Waals surface area contributed by atoms with Crippen molar-refractivity contribution < 1.29 is 4.92 Å². The minimum absolute atomic E-state index is 0.0391. The number of pyridine rings is 2. The molecule has 0 aromatic carbocycles. The average molecular weight is 394 g/mol. The van der Waals surface area contributed by atoms with E-state index in [1.54, 1.807) is 24.4 Å². The predicted molar refractivity (Wildman–Crippen MR) is 110 cm³/mol. The maximum atomic E-state index is 12.5. The molecule has 4 heterocycles. The van der Waals surface area contributed by atoms with Crippen molar-refractivity contribution in [1.29, 1.82) is 0 Å². The Morgan fingerprint density at radius 3 is 2.59 bits per heavy atom. The van der Waals surface area contributed by atoms with Crippen LogP contribution in [0.25, 0.3) is 5.65 Å². The first kappa shape index (κ1) is 18.9. The molecule has 9 heteroatoms. The van der Waals surface area contributed by atoms with Crippen LogP contribution < -0.4 is 15.8 Å². The van der Waals surface area contributed by atoms with Crippen molar-refractivity contribution in [2.45, 2.75) is 32.2 Å². The first-order chi connectivity index (χ1) is 14.1. The Morgan fingerprint density at radius 2 is 1.90 bits per heavy atom. The van der Waals surface area contributed by atoms with E-state index in [2.05, 4.69) is 20.2 Å². The number of anilines is 2. The average Bonchev–Trinajstić information content (AvgIpc) is 3.02. The van der Waals surface area contributed by atoms with Crippen LogP contribution in [0.15, 0.2) is 47.5 Å². The zero-order valence-electron chi connectivity index (χ0n) is 16.0. The van der Waals surface area contributed by atoms with Crippen molar-refractivity contribution in [3.63, 3.8) is 0 Å². The molecule has 3 aromatic heterocycles. The van der Waals surface area contributed by atoms with Gasteiger partial charge in [-0.3, -0.25) is 19.3 Å². The van der Waals surface area contributed by atoms with Crippen LogP contribution in [0.2, 0.25) is 0 Å². The van der Waals surface area contributed by atoms with Crippen LogP contribution in [-0.2, 0) is 6.54 Å². The zero-order valence-corrected chi connectivity index (χ0v) is 16.0. The molecule has 4 rings (SSSR count). The molecule has 1 fully saturated rings. The lowest BCUT2D eigenvalue weighted by Gasteiger charge is -2.21. The molecule has 0 saturated carbocycles. The van der Waals surface area contributed by atoms with Crippen LogP contribution in [0.4, 0.5) is 17.3 Å². The van der Waals surface area contributed by atoms with Gasteiger partial charge in [-0.15, -0.1) is 0 Å². The van der Waals surface area contributed by atoms with Crippen LogP contribution in [-0.4, -0.2) is 32.4 Å². The third kappa shape index (κ3) is 4.03. The van der Waals surface area contributed by atoms with Crippen molar-refractivity contribution >= 4 is 23.0 Å². The van der Waals surface area contributed by atoms with Gasteiger partial charge < -0.3 is 10.2 Å². The predicted octanol–water partition coefficient (Wildman–Crippen LogP) is 2.99. The van der Waals surface area contributed by atoms with Gasteiger partial charge in [-0.05, 0) is 36.6 Å². The highest BCUT2D eigenvalue weighted by atomic mass is 16.6. The Kier molecular flexibility index (Phi) is 5.37. The molecule has 1 aliphatic rings. The van der Waals surface area contributed by atoms with Crippen LogP contribution in [0.1, 0.15) is 31.2 Å². The summed E-state index contributed by atoms with van der Waals surface area (Å²) < 4.78 is 1.17. The Balaban J connectivity index is 1.54. The highest BCUT2D eigenvalue weighted by Crippen LogP contribution is 2.20. The minimum atomic E-state index is -0.710. The lowest BCUT2D eigenvalue weighted by atomic mass is 10.2. The van der Waals surface area contributed by atoms with E-state index in [9.17, 15) is 14.9 Å². The highest BCUT2D eigenvalue weighted by molar-refractivity contribution is 5.60. The van der Waals surface area contributed by atoms with Crippen LogP contribution in [0.3, 0.4) is 0 Å². The van der Waals surface area contributed by atoms with Crippen molar-refractivity contribution in [3.05, 3.63) is 68.8 Å². The fourth-order valence-corrected chi connectivity index (χ4v) is 3.56. The van der Waals surface area contributed by atoms with Gasteiger partial charge in [0.2, 0.25) is 5.82 Å².